The Morgan fingerprint density at radius 2 is 1.82 bits per heavy atom. The second kappa shape index (κ2) is 8.31. The summed E-state index contributed by atoms with van der Waals surface area (Å²) >= 11 is 0. The predicted octanol–water partition coefficient (Wildman–Crippen LogP) is 1.34. The maximum atomic E-state index is 13.0. The summed E-state index contributed by atoms with van der Waals surface area (Å²) in [7, 11) is 0. The van der Waals surface area contributed by atoms with Crippen molar-refractivity contribution in [3.63, 3.8) is 0 Å². The highest BCUT2D eigenvalue weighted by molar-refractivity contribution is 5.93. The number of carbonyl (C=O) groups is 3. The van der Waals surface area contributed by atoms with E-state index in [-0.39, 0.29) is 12.5 Å². The van der Waals surface area contributed by atoms with Gasteiger partial charge in [0.2, 0.25) is 5.91 Å². The second-order valence-electron chi connectivity index (χ2n) is 7.42. The number of piperidine rings is 1. The number of likely N-dealkylation sites (tertiary alicyclic amines) is 2. The van der Waals surface area contributed by atoms with Gasteiger partial charge >= 0.3 is 5.97 Å². The molecule has 0 bridgehead atoms. The molecule has 2 amide bonds. The Kier molecular flexibility index (Phi) is 6.03. The van der Waals surface area contributed by atoms with E-state index in [2.05, 4.69) is 0 Å². The number of aliphatic hydroxyl groups excluding tert-OH is 1. The molecule has 2 fully saturated rings. The molecule has 2 saturated heterocycles. The van der Waals surface area contributed by atoms with Crippen LogP contribution >= 0.6 is 0 Å². The van der Waals surface area contributed by atoms with Gasteiger partial charge in [0.1, 0.15) is 12.0 Å². The van der Waals surface area contributed by atoms with Crippen molar-refractivity contribution < 1.29 is 24.2 Å². The van der Waals surface area contributed by atoms with E-state index in [9.17, 15) is 19.5 Å². The van der Waals surface area contributed by atoms with E-state index < -0.39 is 29.4 Å². The Morgan fingerprint density at radius 1 is 1.18 bits per heavy atom. The molecule has 0 radical (unpaired) electrons. The number of carbonyl (C=O) groups excluding carboxylic acids is 3. The number of benzene rings is 1. The summed E-state index contributed by atoms with van der Waals surface area (Å²) in [4.78, 5) is 41.2. The fourth-order valence-corrected chi connectivity index (χ4v) is 4.51. The third-order valence-corrected chi connectivity index (χ3v) is 5.96. The second-order valence-corrected chi connectivity index (χ2v) is 7.42. The Labute approximate surface area is 165 Å². The molecule has 1 N–H and O–H groups in total. The van der Waals surface area contributed by atoms with Crippen LogP contribution in [0, 0.1) is 5.92 Å². The fraction of sp³-hybridized carbons (Fsp3) is 0.571. The maximum absolute atomic E-state index is 13.0. The van der Waals surface area contributed by atoms with Gasteiger partial charge in [-0.2, -0.15) is 0 Å². The quantitative estimate of drug-likeness (QED) is 0.769. The van der Waals surface area contributed by atoms with E-state index in [1.165, 1.54) is 0 Å². The molecule has 7 nitrogen and oxygen atoms in total. The normalized spacial score (nSPS) is 23.9. The van der Waals surface area contributed by atoms with Gasteiger partial charge in [0, 0.05) is 26.1 Å². The van der Waals surface area contributed by atoms with Crippen LogP contribution in [0.15, 0.2) is 30.3 Å². The lowest BCUT2D eigenvalue weighted by atomic mass is 9.75. The van der Waals surface area contributed by atoms with Crippen molar-refractivity contribution in [1.29, 1.82) is 0 Å². The van der Waals surface area contributed by atoms with Crippen LogP contribution in [-0.4, -0.2) is 64.0 Å². The van der Waals surface area contributed by atoms with E-state index in [0.717, 1.165) is 5.56 Å². The summed E-state index contributed by atoms with van der Waals surface area (Å²) in [5.74, 6) is -1.88. The molecule has 0 unspecified atom stereocenters. The Balaban J connectivity index is 1.94. The molecule has 3 rings (SSSR count). The molecule has 0 saturated carbocycles. The lowest BCUT2D eigenvalue weighted by Gasteiger charge is -2.47. The van der Waals surface area contributed by atoms with Gasteiger partial charge in [0.05, 0.1) is 12.1 Å². The van der Waals surface area contributed by atoms with Gasteiger partial charge in [-0.05, 0) is 25.3 Å². The monoisotopic (exact) mass is 388 g/mol. The topological polar surface area (TPSA) is 87.2 Å². The summed E-state index contributed by atoms with van der Waals surface area (Å²) in [5, 5.41) is 10.7. The molecule has 2 aliphatic heterocycles. The number of ether oxygens (including phenoxy) is 1. The summed E-state index contributed by atoms with van der Waals surface area (Å²) < 4.78 is 5.21. The van der Waals surface area contributed by atoms with Crippen LogP contribution in [-0.2, 0) is 25.7 Å². The smallest absolute Gasteiger partial charge is 0.314 e. The first-order chi connectivity index (χ1) is 13.4. The van der Waals surface area contributed by atoms with Crippen LogP contribution in [0.4, 0.5) is 0 Å². The molecule has 2 atom stereocenters. The molecule has 7 heteroatoms. The molecule has 2 aliphatic rings. The average Bonchev–Trinajstić information content (AvgIpc) is 2.90. The van der Waals surface area contributed by atoms with Crippen molar-refractivity contribution >= 4 is 17.8 Å². The van der Waals surface area contributed by atoms with Crippen molar-refractivity contribution in [2.45, 2.75) is 51.3 Å². The minimum atomic E-state index is -1.42. The SMILES string of the molecule is CCOC(=O)[C@H]1[C@@H](O)C(=O)N(Cc2ccccc2)C12CCN(C(=O)CC)CC2. The average molecular weight is 388 g/mol. The number of hydrogen-bond donors (Lipinski definition) is 1. The number of rotatable bonds is 5. The fourth-order valence-electron chi connectivity index (χ4n) is 4.51. The first kappa shape index (κ1) is 20.3. The third kappa shape index (κ3) is 3.51. The number of nitrogens with zero attached hydrogens (tertiary/aromatic N) is 2. The van der Waals surface area contributed by atoms with E-state index in [0.29, 0.717) is 38.9 Å². The van der Waals surface area contributed by atoms with Gasteiger partial charge in [0.15, 0.2) is 0 Å². The zero-order chi connectivity index (χ0) is 20.3. The van der Waals surface area contributed by atoms with Gasteiger partial charge in [-0.15, -0.1) is 0 Å². The van der Waals surface area contributed by atoms with Crippen LogP contribution in [0.3, 0.4) is 0 Å². The number of esters is 1. The van der Waals surface area contributed by atoms with Gasteiger partial charge in [-0.25, -0.2) is 0 Å². The molecule has 2 heterocycles. The number of amides is 2. The minimum absolute atomic E-state index is 0.0574. The highest BCUT2D eigenvalue weighted by atomic mass is 16.5. The first-order valence-corrected chi connectivity index (χ1v) is 9.92. The van der Waals surface area contributed by atoms with Crippen molar-refractivity contribution in [1.82, 2.24) is 9.80 Å². The van der Waals surface area contributed by atoms with Crippen LogP contribution in [0.25, 0.3) is 0 Å². The van der Waals surface area contributed by atoms with E-state index in [1.54, 1.807) is 16.7 Å². The largest absolute Gasteiger partial charge is 0.466 e. The van der Waals surface area contributed by atoms with Crippen molar-refractivity contribution in [2.75, 3.05) is 19.7 Å². The molecular weight excluding hydrogens is 360 g/mol. The van der Waals surface area contributed by atoms with Gasteiger partial charge in [0.25, 0.3) is 5.91 Å². The zero-order valence-electron chi connectivity index (χ0n) is 16.5. The molecule has 0 aliphatic carbocycles. The number of hydrogen-bond acceptors (Lipinski definition) is 5. The highest BCUT2D eigenvalue weighted by Gasteiger charge is 2.62. The van der Waals surface area contributed by atoms with Crippen molar-refractivity contribution in [3.05, 3.63) is 35.9 Å². The van der Waals surface area contributed by atoms with Gasteiger partial charge in [-0.3, -0.25) is 14.4 Å². The lowest BCUT2D eigenvalue weighted by molar-refractivity contribution is -0.156. The summed E-state index contributed by atoms with van der Waals surface area (Å²) in [5.41, 5.74) is 0.0855. The zero-order valence-corrected chi connectivity index (χ0v) is 16.5. The van der Waals surface area contributed by atoms with Crippen LogP contribution in [0.1, 0.15) is 38.7 Å². The third-order valence-electron chi connectivity index (χ3n) is 5.96. The molecule has 28 heavy (non-hydrogen) atoms. The maximum Gasteiger partial charge on any atom is 0.314 e. The summed E-state index contributed by atoms with van der Waals surface area (Å²) in [6, 6.07) is 9.52. The Bertz CT molecular complexity index is 728. The molecular formula is C21H28N2O5. The standard InChI is InChI=1S/C21H28N2O5/c1-3-16(24)22-12-10-21(11-13-22)17(20(27)28-4-2)18(25)19(26)23(21)14-15-8-6-5-7-9-15/h5-9,17-18,25H,3-4,10-14H2,1-2H3/t17-,18-/m1/s1. The lowest BCUT2D eigenvalue weighted by Crippen LogP contribution is -2.58. The van der Waals surface area contributed by atoms with E-state index in [4.69, 9.17) is 4.74 Å². The van der Waals surface area contributed by atoms with Crippen molar-refractivity contribution in [2.24, 2.45) is 5.92 Å². The molecule has 0 aromatic heterocycles. The van der Waals surface area contributed by atoms with Crippen LogP contribution in [0.2, 0.25) is 0 Å². The number of aliphatic hydroxyl groups is 1. The molecule has 1 aromatic rings. The Morgan fingerprint density at radius 3 is 2.39 bits per heavy atom. The van der Waals surface area contributed by atoms with Crippen LogP contribution in [0.5, 0.6) is 0 Å². The highest BCUT2D eigenvalue weighted by Crippen LogP contribution is 2.45. The van der Waals surface area contributed by atoms with E-state index >= 15 is 0 Å². The summed E-state index contributed by atoms with van der Waals surface area (Å²) in [6.07, 6.45) is -0.115. The summed E-state index contributed by atoms with van der Waals surface area (Å²) in [6.45, 7) is 4.93. The molecule has 1 spiro atoms. The van der Waals surface area contributed by atoms with Crippen LogP contribution < -0.4 is 0 Å². The predicted molar refractivity (Wildman–Crippen MR) is 102 cm³/mol. The Hall–Kier alpha value is -2.41. The van der Waals surface area contributed by atoms with Gasteiger partial charge in [-0.1, -0.05) is 37.3 Å². The van der Waals surface area contributed by atoms with Crippen molar-refractivity contribution in [3.8, 4) is 0 Å². The first-order valence-electron chi connectivity index (χ1n) is 9.92. The molecule has 152 valence electrons. The molecule has 1 aromatic carbocycles. The van der Waals surface area contributed by atoms with E-state index in [1.807, 2.05) is 37.3 Å². The minimum Gasteiger partial charge on any atom is -0.466 e. The van der Waals surface area contributed by atoms with Gasteiger partial charge < -0.3 is 19.6 Å².